The summed E-state index contributed by atoms with van der Waals surface area (Å²) in [5.41, 5.74) is 7.03. The molecule has 106 valence electrons. The molecule has 1 amide bonds. The molecule has 19 heavy (non-hydrogen) atoms. The van der Waals surface area contributed by atoms with Crippen LogP contribution in [-0.4, -0.2) is 37.2 Å². The quantitative estimate of drug-likeness (QED) is 0.855. The van der Waals surface area contributed by atoms with E-state index in [0.29, 0.717) is 18.8 Å². The van der Waals surface area contributed by atoms with Gasteiger partial charge in [0.2, 0.25) is 0 Å². The monoisotopic (exact) mass is 265 g/mol. The van der Waals surface area contributed by atoms with E-state index in [9.17, 15) is 4.79 Å². The van der Waals surface area contributed by atoms with Gasteiger partial charge in [-0.2, -0.15) is 0 Å². The number of benzene rings is 1. The number of anilines is 1. The molecule has 0 aromatic heterocycles. The Balaban J connectivity index is 2.47. The second-order valence-electron chi connectivity index (χ2n) is 5.31. The molecule has 0 bridgehead atoms. The van der Waals surface area contributed by atoms with Crippen molar-refractivity contribution in [2.45, 2.75) is 25.9 Å². The van der Waals surface area contributed by atoms with E-state index in [-0.39, 0.29) is 5.54 Å². The van der Waals surface area contributed by atoms with Gasteiger partial charge in [0.25, 0.3) is 0 Å². The molecule has 1 aromatic rings. The largest absolute Gasteiger partial charge is 0.447 e. The molecule has 0 heterocycles. The Kier molecular flexibility index (Phi) is 5.32. The first-order chi connectivity index (χ1) is 8.85. The predicted molar refractivity (Wildman–Crippen MR) is 77.1 cm³/mol. The van der Waals surface area contributed by atoms with Crippen molar-refractivity contribution >= 4 is 11.8 Å². The minimum atomic E-state index is -0.449. The summed E-state index contributed by atoms with van der Waals surface area (Å²) in [4.78, 5) is 13.7. The zero-order valence-corrected chi connectivity index (χ0v) is 12.1. The molecule has 0 saturated heterocycles. The highest BCUT2D eigenvalue weighted by Crippen LogP contribution is 2.12. The van der Waals surface area contributed by atoms with Crippen LogP contribution in [0.4, 0.5) is 10.5 Å². The van der Waals surface area contributed by atoms with Crippen molar-refractivity contribution in [3.8, 4) is 0 Å². The first kappa shape index (κ1) is 15.5. The van der Waals surface area contributed by atoms with Gasteiger partial charge in [0, 0.05) is 17.8 Å². The van der Waals surface area contributed by atoms with Gasteiger partial charge in [-0.3, -0.25) is 5.32 Å². The SMILES string of the molecule is CN(C)C(C)(C)COC(=O)Nc1ccc(CN)cc1. The van der Waals surface area contributed by atoms with Gasteiger partial charge >= 0.3 is 6.09 Å². The molecule has 0 aliphatic carbocycles. The van der Waals surface area contributed by atoms with E-state index in [4.69, 9.17) is 10.5 Å². The van der Waals surface area contributed by atoms with E-state index < -0.39 is 6.09 Å². The van der Waals surface area contributed by atoms with Crippen molar-refractivity contribution < 1.29 is 9.53 Å². The van der Waals surface area contributed by atoms with E-state index in [0.717, 1.165) is 5.56 Å². The van der Waals surface area contributed by atoms with Crippen LogP contribution in [-0.2, 0) is 11.3 Å². The Hall–Kier alpha value is -1.59. The first-order valence-electron chi connectivity index (χ1n) is 6.25. The summed E-state index contributed by atoms with van der Waals surface area (Å²) >= 11 is 0. The van der Waals surface area contributed by atoms with Crippen molar-refractivity contribution in [2.24, 2.45) is 5.73 Å². The van der Waals surface area contributed by atoms with E-state index in [1.54, 1.807) is 12.1 Å². The molecule has 0 aliphatic rings. The second kappa shape index (κ2) is 6.54. The van der Waals surface area contributed by atoms with Gasteiger partial charge in [-0.1, -0.05) is 12.1 Å². The summed E-state index contributed by atoms with van der Waals surface area (Å²) < 4.78 is 5.21. The highest BCUT2D eigenvalue weighted by atomic mass is 16.5. The number of nitrogens with two attached hydrogens (primary N) is 1. The van der Waals surface area contributed by atoms with E-state index in [1.807, 2.05) is 45.0 Å². The van der Waals surface area contributed by atoms with Crippen LogP contribution in [0.1, 0.15) is 19.4 Å². The molecule has 0 atom stereocenters. The maximum absolute atomic E-state index is 11.7. The van der Waals surface area contributed by atoms with Crippen LogP contribution in [0.5, 0.6) is 0 Å². The lowest BCUT2D eigenvalue weighted by Crippen LogP contribution is -2.43. The number of amides is 1. The average Bonchev–Trinajstić information content (AvgIpc) is 2.37. The van der Waals surface area contributed by atoms with Crippen molar-refractivity contribution in [1.82, 2.24) is 4.90 Å². The maximum Gasteiger partial charge on any atom is 0.411 e. The van der Waals surface area contributed by atoms with Gasteiger partial charge in [0.15, 0.2) is 0 Å². The van der Waals surface area contributed by atoms with Crippen LogP contribution in [0.2, 0.25) is 0 Å². The summed E-state index contributed by atoms with van der Waals surface area (Å²) in [6.45, 7) is 4.83. The lowest BCUT2D eigenvalue weighted by molar-refractivity contribution is 0.0775. The number of nitrogens with one attached hydrogen (secondary N) is 1. The second-order valence-corrected chi connectivity index (χ2v) is 5.31. The van der Waals surface area contributed by atoms with E-state index >= 15 is 0 Å². The molecule has 0 saturated carbocycles. The molecule has 1 aromatic carbocycles. The Morgan fingerprint density at radius 1 is 1.32 bits per heavy atom. The van der Waals surface area contributed by atoms with Gasteiger partial charge in [-0.25, -0.2) is 4.79 Å². The third-order valence-electron chi connectivity index (χ3n) is 3.20. The fourth-order valence-corrected chi connectivity index (χ4v) is 1.25. The zero-order valence-electron chi connectivity index (χ0n) is 12.1. The van der Waals surface area contributed by atoms with E-state index in [2.05, 4.69) is 5.32 Å². The molecule has 3 N–H and O–H groups in total. The fraction of sp³-hybridized carbons (Fsp3) is 0.500. The molecular formula is C14H23N3O2. The number of likely N-dealkylation sites (N-methyl/N-ethyl adjacent to an activating group) is 1. The Morgan fingerprint density at radius 3 is 2.37 bits per heavy atom. The normalized spacial score (nSPS) is 11.5. The number of carbonyl (C=O) groups is 1. The Bertz CT molecular complexity index is 413. The third kappa shape index (κ3) is 4.89. The predicted octanol–water partition coefficient (Wildman–Crippen LogP) is 2.03. The van der Waals surface area contributed by atoms with Gasteiger partial charge in [0.1, 0.15) is 6.61 Å². The Morgan fingerprint density at radius 2 is 1.89 bits per heavy atom. The van der Waals surface area contributed by atoms with Gasteiger partial charge in [-0.05, 0) is 45.6 Å². The molecule has 0 fully saturated rings. The van der Waals surface area contributed by atoms with Crippen molar-refractivity contribution in [3.63, 3.8) is 0 Å². The van der Waals surface area contributed by atoms with Crippen molar-refractivity contribution in [2.75, 3.05) is 26.0 Å². The number of carbonyl (C=O) groups excluding carboxylic acids is 1. The lowest BCUT2D eigenvalue weighted by atomic mass is 10.1. The third-order valence-corrected chi connectivity index (χ3v) is 3.20. The van der Waals surface area contributed by atoms with E-state index in [1.165, 1.54) is 0 Å². The topological polar surface area (TPSA) is 67.6 Å². The van der Waals surface area contributed by atoms with Crippen molar-refractivity contribution in [1.29, 1.82) is 0 Å². The molecule has 1 rings (SSSR count). The van der Waals surface area contributed by atoms with Crippen LogP contribution in [0.15, 0.2) is 24.3 Å². The van der Waals surface area contributed by atoms with Crippen molar-refractivity contribution in [3.05, 3.63) is 29.8 Å². The lowest BCUT2D eigenvalue weighted by Gasteiger charge is -2.31. The first-order valence-corrected chi connectivity index (χ1v) is 6.25. The van der Waals surface area contributed by atoms with Gasteiger partial charge in [-0.15, -0.1) is 0 Å². The Labute approximate surface area is 114 Å². The summed E-state index contributed by atoms with van der Waals surface area (Å²) in [5, 5.41) is 2.68. The summed E-state index contributed by atoms with van der Waals surface area (Å²) in [7, 11) is 3.90. The zero-order chi connectivity index (χ0) is 14.5. The van der Waals surface area contributed by atoms with Crippen LogP contribution in [0.3, 0.4) is 0 Å². The fourth-order valence-electron chi connectivity index (χ4n) is 1.25. The minimum absolute atomic E-state index is 0.194. The highest BCUT2D eigenvalue weighted by Gasteiger charge is 2.22. The number of hydrogen-bond donors (Lipinski definition) is 2. The van der Waals surface area contributed by atoms with Crippen LogP contribution >= 0.6 is 0 Å². The van der Waals surface area contributed by atoms with Gasteiger partial charge < -0.3 is 15.4 Å². The van der Waals surface area contributed by atoms with Crippen LogP contribution in [0, 0.1) is 0 Å². The highest BCUT2D eigenvalue weighted by molar-refractivity contribution is 5.84. The molecule has 5 nitrogen and oxygen atoms in total. The summed E-state index contributed by atoms with van der Waals surface area (Å²) in [6, 6.07) is 7.36. The number of rotatable bonds is 5. The number of hydrogen-bond acceptors (Lipinski definition) is 4. The maximum atomic E-state index is 11.7. The summed E-state index contributed by atoms with van der Waals surface area (Å²) in [6.07, 6.45) is -0.449. The standard InChI is InChI=1S/C14H23N3O2/c1-14(2,17(3)4)10-19-13(18)16-12-7-5-11(9-15)6-8-12/h5-8H,9-10,15H2,1-4H3,(H,16,18). The molecule has 5 heteroatoms. The number of nitrogens with zero attached hydrogens (tertiary/aromatic N) is 1. The smallest absolute Gasteiger partial charge is 0.411 e. The molecule has 0 unspecified atom stereocenters. The molecule has 0 spiro atoms. The average molecular weight is 265 g/mol. The number of ether oxygens (including phenoxy) is 1. The molecule has 0 radical (unpaired) electrons. The van der Waals surface area contributed by atoms with Crippen LogP contribution < -0.4 is 11.1 Å². The minimum Gasteiger partial charge on any atom is -0.447 e. The summed E-state index contributed by atoms with van der Waals surface area (Å²) in [5.74, 6) is 0. The van der Waals surface area contributed by atoms with Gasteiger partial charge in [0.05, 0.1) is 0 Å². The molecular weight excluding hydrogens is 242 g/mol. The molecule has 0 aliphatic heterocycles. The van der Waals surface area contributed by atoms with Crippen LogP contribution in [0.25, 0.3) is 0 Å².